The molecule has 2 rings (SSSR count). The molecule has 3 nitrogen and oxygen atoms in total. The van der Waals surface area contributed by atoms with Crippen LogP contribution in [0.25, 0.3) is 0 Å². The van der Waals surface area contributed by atoms with Gasteiger partial charge in [-0.3, -0.25) is 4.79 Å². The van der Waals surface area contributed by atoms with E-state index in [-0.39, 0.29) is 24.4 Å². The monoisotopic (exact) mass is 288 g/mol. The van der Waals surface area contributed by atoms with Gasteiger partial charge in [0.1, 0.15) is 0 Å². The fraction of sp³-hybridized carbons (Fsp3) is 0.462. The fourth-order valence-corrected chi connectivity index (χ4v) is 2.57. The van der Waals surface area contributed by atoms with Crippen LogP contribution < -0.4 is 11.1 Å². The third-order valence-electron chi connectivity index (χ3n) is 3.16. The highest BCUT2D eigenvalue weighted by atomic mass is 35.5. The van der Waals surface area contributed by atoms with Gasteiger partial charge in [-0.2, -0.15) is 0 Å². The lowest BCUT2D eigenvalue weighted by atomic mass is 10.1. The lowest BCUT2D eigenvalue weighted by Gasteiger charge is -2.14. The maximum atomic E-state index is 11.7. The molecule has 1 aliphatic carbocycles. The highest BCUT2D eigenvalue weighted by Gasteiger charge is 2.24. The summed E-state index contributed by atoms with van der Waals surface area (Å²) in [6.07, 6.45) is 3.12. The first-order valence-electron chi connectivity index (χ1n) is 5.99. The average molecular weight is 289 g/mol. The molecule has 0 bridgehead atoms. The second-order valence-corrected chi connectivity index (χ2v) is 4.77. The number of fused-ring (bicyclic) bond motifs is 1. The Kier molecular flexibility index (Phi) is 5.93. The number of carbonyl (C=O) groups is 1. The number of benzene rings is 1. The van der Waals surface area contributed by atoms with Crippen LogP contribution in [0.3, 0.4) is 0 Å². The molecule has 0 aromatic heterocycles. The molecular weight excluding hydrogens is 271 g/mol. The number of halogens is 2. The Morgan fingerprint density at radius 2 is 2.28 bits per heavy atom. The van der Waals surface area contributed by atoms with Crippen LogP contribution in [-0.4, -0.2) is 12.5 Å². The third-order valence-corrected chi connectivity index (χ3v) is 3.51. The van der Waals surface area contributed by atoms with Crippen molar-refractivity contribution in [3.63, 3.8) is 0 Å². The predicted octanol–water partition coefficient (Wildman–Crippen LogP) is 2.60. The molecule has 0 fully saturated rings. The van der Waals surface area contributed by atoms with Gasteiger partial charge in [0.05, 0.1) is 6.04 Å². The topological polar surface area (TPSA) is 55.1 Å². The maximum Gasteiger partial charge on any atom is 0.220 e. The SMILES string of the molecule is Cl.NCCCC(=O)NC1CCc2c(Cl)cccc21. The highest BCUT2D eigenvalue weighted by Crippen LogP contribution is 2.35. The van der Waals surface area contributed by atoms with Crippen LogP contribution in [0, 0.1) is 0 Å². The Hall–Kier alpha value is -0.770. The largest absolute Gasteiger partial charge is 0.349 e. The summed E-state index contributed by atoms with van der Waals surface area (Å²) >= 11 is 6.13. The minimum Gasteiger partial charge on any atom is -0.349 e. The van der Waals surface area contributed by atoms with Crippen LogP contribution in [-0.2, 0) is 11.2 Å². The Morgan fingerprint density at radius 1 is 1.50 bits per heavy atom. The van der Waals surface area contributed by atoms with Gasteiger partial charge in [0.25, 0.3) is 0 Å². The molecule has 1 amide bonds. The van der Waals surface area contributed by atoms with Gasteiger partial charge in [0.2, 0.25) is 5.91 Å². The lowest BCUT2D eigenvalue weighted by Crippen LogP contribution is -2.27. The number of carbonyl (C=O) groups excluding carboxylic acids is 1. The molecule has 100 valence electrons. The second kappa shape index (κ2) is 6.98. The average Bonchev–Trinajstić information content (AvgIpc) is 2.71. The number of hydrogen-bond acceptors (Lipinski definition) is 2. The molecule has 0 spiro atoms. The van der Waals surface area contributed by atoms with Crippen molar-refractivity contribution in [3.8, 4) is 0 Å². The predicted molar refractivity (Wildman–Crippen MR) is 76.2 cm³/mol. The first-order chi connectivity index (χ1) is 8.22. The van der Waals surface area contributed by atoms with Crippen LogP contribution in [0.2, 0.25) is 5.02 Å². The number of amides is 1. The van der Waals surface area contributed by atoms with Gasteiger partial charge in [-0.25, -0.2) is 0 Å². The van der Waals surface area contributed by atoms with Gasteiger partial charge >= 0.3 is 0 Å². The van der Waals surface area contributed by atoms with Crippen molar-refractivity contribution in [2.24, 2.45) is 5.73 Å². The third kappa shape index (κ3) is 3.37. The van der Waals surface area contributed by atoms with Crippen LogP contribution in [0.4, 0.5) is 0 Å². The van der Waals surface area contributed by atoms with E-state index in [2.05, 4.69) is 5.32 Å². The van der Waals surface area contributed by atoms with Crippen molar-refractivity contribution < 1.29 is 4.79 Å². The second-order valence-electron chi connectivity index (χ2n) is 4.36. The first-order valence-corrected chi connectivity index (χ1v) is 6.37. The van der Waals surface area contributed by atoms with Crippen LogP contribution >= 0.6 is 24.0 Å². The minimum atomic E-state index is 0. The van der Waals surface area contributed by atoms with E-state index in [0.29, 0.717) is 13.0 Å². The molecule has 1 aliphatic rings. The number of hydrogen-bond donors (Lipinski definition) is 2. The molecule has 1 atom stereocenters. The Labute approximate surface area is 118 Å². The molecule has 18 heavy (non-hydrogen) atoms. The van der Waals surface area contributed by atoms with Gasteiger partial charge in [-0.1, -0.05) is 23.7 Å². The normalized spacial score (nSPS) is 16.9. The molecule has 1 aromatic rings. The number of nitrogens with one attached hydrogen (secondary N) is 1. The fourth-order valence-electron chi connectivity index (χ4n) is 2.29. The van der Waals surface area contributed by atoms with Gasteiger partial charge in [0.15, 0.2) is 0 Å². The number of nitrogens with two attached hydrogens (primary N) is 1. The summed E-state index contributed by atoms with van der Waals surface area (Å²) in [5, 5.41) is 3.85. The summed E-state index contributed by atoms with van der Waals surface area (Å²) in [6.45, 7) is 0.556. The van der Waals surface area contributed by atoms with E-state index in [9.17, 15) is 4.79 Å². The molecular formula is C13H18Cl2N2O. The molecule has 0 radical (unpaired) electrons. The Morgan fingerprint density at radius 3 is 3.00 bits per heavy atom. The Balaban J connectivity index is 0.00000162. The van der Waals surface area contributed by atoms with Gasteiger partial charge < -0.3 is 11.1 Å². The van der Waals surface area contributed by atoms with E-state index in [1.807, 2.05) is 18.2 Å². The van der Waals surface area contributed by atoms with E-state index in [4.69, 9.17) is 17.3 Å². The molecule has 0 aliphatic heterocycles. The summed E-state index contributed by atoms with van der Waals surface area (Å²) in [7, 11) is 0. The molecule has 5 heteroatoms. The van der Waals surface area contributed by atoms with Crippen LogP contribution in [0.1, 0.15) is 36.4 Å². The maximum absolute atomic E-state index is 11.7. The lowest BCUT2D eigenvalue weighted by molar-refractivity contribution is -0.121. The Bertz CT molecular complexity index is 423. The van der Waals surface area contributed by atoms with Gasteiger partial charge in [0, 0.05) is 11.4 Å². The smallest absolute Gasteiger partial charge is 0.220 e. The van der Waals surface area contributed by atoms with E-state index in [0.717, 1.165) is 24.3 Å². The van der Waals surface area contributed by atoms with Crippen molar-refractivity contribution in [2.75, 3.05) is 6.54 Å². The standard InChI is InChI=1S/C13H17ClN2O.ClH/c14-11-4-1-3-10-9(11)6-7-12(10)16-13(17)5-2-8-15;/h1,3-4,12H,2,5-8,15H2,(H,16,17);1H. The van der Waals surface area contributed by atoms with Crippen molar-refractivity contribution >= 4 is 29.9 Å². The summed E-state index contributed by atoms with van der Waals surface area (Å²) in [6, 6.07) is 6.00. The van der Waals surface area contributed by atoms with Crippen LogP contribution in [0.15, 0.2) is 18.2 Å². The van der Waals surface area contributed by atoms with Gasteiger partial charge in [-0.05, 0) is 43.0 Å². The molecule has 1 unspecified atom stereocenters. The van der Waals surface area contributed by atoms with Crippen LogP contribution in [0.5, 0.6) is 0 Å². The van der Waals surface area contributed by atoms with Crippen molar-refractivity contribution in [3.05, 3.63) is 34.3 Å². The first kappa shape index (κ1) is 15.3. The van der Waals surface area contributed by atoms with Crippen molar-refractivity contribution in [1.82, 2.24) is 5.32 Å². The molecule has 3 N–H and O–H groups in total. The zero-order chi connectivity index (χ0) is 12.3. The summed E-state index contributed by atoms with van der Waals surface area (Å²) in [4.78, 5) is 11.7. The molecule has 1 aromatic carbocycles. The van der Waals surface area contributed by atoms with Gasteiger partial charge in [-0.15, -0.1) is 12.4 Å². The summed E-state index contributed by atoms with van der Waals surface area (Å²) in [5.74, 6) is 0.0771. The molecule has 0 saturated carbocycles. The summed E-state index contributed by atoms with van der Waals surface area (Å²) < 4.78 is 0. The van der Waals surface area contributed by atoms with Crippen molar-refractivity contribution in [1.29, 1.82) is 0 Å². The highest BCUT2D eigenvalue weighted by molar-refractivity contribution is 6.31. The molecule has 0 saturated heterocycles. The molecule has 0 heterocycles. The van der Waals surface area contributed by atoms with E-state index >= 15 is 0 Å². The van der Waals surface area contributed by atoms with E-state index < -0.39 is 0 Å². The van der Waals surface area contributed by atoms with E-state index in [1.54, 1.807) is 0 Å². The zero-order valence-corrected chi connectivity index (χ0v) is 11.7. The van der Waals surface area contributed by atoms with Crippen molar-refractivity contribution in [2.45, 2.75) is 31.7 Å². The van der Waals surface area contributed by atoms with E-state index in [1.165, 1.54) is 11.1 Å². The zero-order valence-electron chi connectivity index (χ0n) is 10.1. The minimum absolute atomic E-state index is 0. The quantitative estimate of drug-likeness (QED) is 0.895. The summed E-state index contributed by atoms with van der Waals surface area (Å²) in [5.41, 5.74) is 7.73. The number of rotatable bonds is 4.